The van der Waals surface area contributed by atoms with Gasteiger partial charge in [0.25, 0.3) is 0 Å². The van der Waals surface area contributed by atoms with Crippen LogP contribution in [0.25, 0.3) is 11.1 Å². The van der Waals surface area contributed by atoms with Crippen molar-refractivity contribution in [2.45, 2.75) is 64.3 Å². The van der Waals surface area contributed by atoms with Crippen LogP contribution >= 0.6 is 0 Å². The summed E-state index contributed by atoms with van der Waals surface area (Å²) in [6.45, 7) is 2.75. The van der Waals surface area contributed by atoms with Crippen LogP contribution in [0.2, 0.25) is 0 Å². The number of ether oxygens (including phenoxy) is 3. The summed E-state index contributed by atoms with van der Waals surface area (Å²) in [4.78, 5) is 12.1. The minimum absolute atomic E-state index is 0.0771. The number of esters is 1. The molecule has 0 bridgehead atoms. The molecule has 1 aliphatic rings. The average Bonchev–Trinajstić information content (AvgIpc) is 2.89. The summed E-state index contributed by atoms with van der Waals surface area (Å²) < 4.78 is 17.1. The molecule has 3 aromatic carbocycles. The van der Waals surface area contributed by atoms with Gasteiger partial charge in [0, 0.05) is 6.42 Å². The molecule has 0 radical (unpaired) electrons. The molecular weight excluding hydrogens is 424 g/mol. The third kappa shape index (κ3) is 7.19. The van der Waals surface area contributed by atoms with E-state index in [2.05, 4.69) is 36.4 Å². The number of benzene rings is 3. The van der Waals surface area contributed by atoms with Crippen LogP contribution in [0.5, 0.6) is 5.75 Å². The van der Waals surface area contributed by atoms with Crippen molar-refractivity contribution in [3.05, 3.63) is 90.0 Å². The molecule has 4 nitrogen and oxygen atoms in total. The Morgan fingerprint density at radius 1 is 0.912 bits per heavy atom. The Kier molecular flexibility index (Phi) is 8.75. The van der Waals surface area contributed by atoms with Crippen molar-refractivity contribution in [1.82, 2.24) is 0 Å². The lowest BCUT2D eigenvalue weighted by molar-refractivity contribution is -0.105. The van der Waals surface area contributed by atoms with Gasteiger partial charge in [0.1, 0.15) is 5.75 Å². The Morgan fingerprint density at radius 2 is 1.62 bits per heavy atom. The summed E-state index contributed by atoms with van der Waals surface area (Å²) in [5.41, 5.74) is 4.31. The van der Waals surface area contributed by atoms with Gasteiger partial charge in [-0.1, -0.05) is 54.6 Å². The first-order valence-electron chi connectivity index (χ1n) is 12.4. The topological polar surface area (TPSA) is 44.8 Å². The summed E-state index contributed by atoms with van der Waals surface area (Å²) in [5.74, 6) is 0.613. The van der Waals surface area contributed by atoms with Gasteiger partial charge in [-0.3, -0.25) is 0 Å². The second kappa shape index (κ2) is 12.4. The van der Waals surface area contributed by atoms with Gasteiger partial charge in [-0.15, -0.1) is 0 Å². The highest BCUT2D eigenvalue weighted by molar-refractivity contribution is 5.89. The highest BCUT2D eigenvalue weighted by Gasteiger charge is 2.15. The first kappa shape index (κ1) is 24.0. The minimum Gasteiger partial charge on any atom is -0.465 e. The van der Waals surface area contributed by atoms with Gasteiger partial charge in [-0.2, -0.15) is 0 Å². The van der Waals surface area contributed by atoms with Crippen LogP contribution in [0, 0.1) is 0 Å². The SMILES string of the molecule is CC(CCCCc1ccc(-c2ccc(OC3CCCCO3)cc2)cc1)OC(=O)c1ccccc1. The van der Waals surface area contributed by atoms with E-state index in [-0.39, 0.29) is 18.4 Å². The Labute approximate surface area is 202 Å². The van der Waals surface area contributed by atoms with E-state index in [0.29, 0.717) is 5.56 Å². The zero-order valence-corrected chi connectivity index (χ0v) is 20.0. The summed E-state index contributed by atoms with van der Waals surface area (Å²) in [6.07, 6.45) is 7.04. The van der Waals surface area contributed by atoms with Crippen LogP contribution < -0.4 is 4.74 Å². The first-order chi connectivity index (χ1) is 16.7. The van der Waals surface area contributed by atoms with Crippen molar-refractivity contribution < 1.29 is 19.0 Å². The number of aryl methyl sites for hydroxylation is 1. The van der Waals surface area contributed by atoms with E-state index in [4.69, 9.17) is 14.2 Å². The lowest BCUT2D eigenvalue weighted by Gasteiger charge is -2.23. The van der Waals surface area contributed by atoms with Crippen molar-refractivity contribution in [3.63, 3.8) is 0 Å². The highest BCUT2D eigenvalue weighted by atomic mass is 16.7. The number of carbonyl (C=O) groups excluding carboxylic acids is 1. The van der Waals surface area contributed by atoms with Crippen molar-refractivity contribution >= 4 is 5.97 Å². The Balaban J connectivity index is 1.18. The fourth-order valence-corrected chi connectivity index (χ4v) is 4.19. The average molecular weight is 459 g/mol. The molecule has 2 atom stereocenters. The predicted octanol–water partition coefficient (Wildman–Crippen LogP) is 7.22. The highest BCUT2D eigenvalue weighted by Crippen LogP contribution is 2.25. The molecule has 4 rings (SSSR count). The molecule has 1 fully saturated rings. The molecule has 0 saturated carbocycles. The molecule has 4 heteroatoms. The van der Waals surface area contributed by atoms with Crippen LogP contribution in [0.15, 0.2) is 78.9 Å². The van der Waals surface area contributed by atoms with E-state index in [9.17, 15) is 4.79 Å². The molecule has 178 valence electrons. The largest absolute Gasteiger partial charge is 0.465 e. The van der Waals surface area contributed by atoms with Crippen LogP contribution in [-0.4, -0.2) is 25.0 Å². The molecule has 1 aliphatic heterocycles. The number of carbonyl (C=O) groups is 1. The molecule has 0 aliphatic carbocycles. The molecule has 0 spiro atoms. The van der Waals surface area contributed by atoms with Crippen molar-refractivity contribution in [3.8, 4) is 16.9 Å². The van der Waals surface area contributed by atoms with Gasteiger partial charge in [-0.25, -0.2) is 4.79 Å². The summed E-state index contributed by atoms with van der Waals surface area (Å²) in [5, 5.41) is 0. The number of hydrogen-bond donors (Lipinski definition) is 0. The molecule has 0 aromatic heterocycles. The van der Waals surface area contributed by atoms with Crippen molar-refractivity contribution in [2.75, 3.05) is 6.61 Å². The molecule has 0 amide bonds. The van der Waals surface area contributed by atoms with E-state index in [1.165, 1.54) is 16.7 Å². The number of unbranched alkanes of at least 4 members (excludes halogenated alkanes) is 1. The van der Waals surface area contributed by atoms with Gasteiger partial charge in [0.15, 0.2) is 6.29 Å². The second-order valence-corrected chi connectivity index (χ2v) is 8.96. The minimum atomic E-state index is -0.245. The third-order valence-corrected chi connectivity index (χ3v) is 6.19. The summed E-state index contributed by atoms with van der Waals surface area (Å²) in [6, 6.07) is 26.2. The molecule has 1 heterocycles. The normalized spacial score (nSPS) is 16.6. The Bertz CT molecular complexity index is 1010. The van der Waals surface area contributed by atoms with Gasteiger partial charge in [0.2, 0.25) is 0 Å². The van der Waals surface area contributed by atoms with Gasteiger partial charge in [0.05, 0.1) is 18.3 Å². The molecule has 2 unspecified atom stereocenters. The first-order valence-corrected chi connectivity index (χ1v) is 12.4. The van der Waals surface area contributed by atoms with E-state index in [1.807, 2.05) is 37.3 Å². The number of hydrogen-bond acceptors (Lipinski definition) is 4. The predicted molar refractivity (Wildman–Crippen MR) is 135 cm³/mol. The second-order valence-electron chi connectivity index (χ2n) is 8.96. The monoisotopic (exact) mass is 458 g/mol. The maximum Gasteiger partial charge on any atom is 0.338 e. The van der Waals surface area contributed by atoms with Gasteiger partial charge in [-0.05, 0) is 86.4 Å². The summed E-state index contributed by atoms with van der Waals surface area (Å²) in [7, 11) is 0. The van der Waals surface area contributed by atoms with Crippen LogP contribution in [0.1, 0.15) is 61.4 Å². The maximum absolute atomic E-state index is 12.1. The maximum atomic E-state index is 12.1. The standard InChI is InChI=1S/C30H34O4/c1-23(33-30(31)27-11-3-2-4-12-27)9-5-6-10-24-14-16-25(17-15-24)26-18-20-28(21-19-26)34-29-13-7-8-22-32-29/h2-4,11-12,14-21,23,29H,5-10,13,22H2,1H3. The number of rotatable bonds is 10. The van der Waals surface area contributed by atoms with Crippen molar-refractivity contribution in [2.24, 2.45) is 0 Å². The van der Waals surface area contributed by atoms with E-state index >= 15 is 0 Å². The molecule has 1 saturated heterocycles. The van der Waals surface area contributed by atoms with E-state index < -0.39 is 0 Å². The quantitative estimate of drug-likeness (QED) is 0.238. The van der Waals surface area contributed by atoms with Gasteiger partial charge >= 0.3 is 5.97 Å². The Hall–Kier alpha value is -3.11. The molecule has 0 N–H and O–H groups in total. The fourth-order valence-electron chi connectivity index (χ4n) is 4.19. The molecule has 3 aromatic rings. The van der Waals surface area contributed by atoms with E-state index in [0.717, 1.165) is 57.3 Å². The lowest BCUT2D eigenvalue weighted by atomic mass is 10.0. The van der Waals surface area contributed by atoms with Gasteiger partial charge < -0.3 is 14.2 Å². The smallest absolute Gasteiger partial charge is 0.338 e. The zero-order valence-electron chi connectivity index (χ0n) is 20.0. The van der Waals surface area contributed by atoms with E-state index in [1.54, 1.807) is 12.1 Å². The van der Waals surface area contributed by atoms with Crippen molar-refractivity contribution in [1.29, 1.82) is 0 Å². The zero-order chi connectivity index (χ0) is 23.6. The lowest BCUT2D eigenvalue weighted by Crippen LogP contribution is -2.24. The molecular formula is C30H34O4. The summed E-state index contributed by atoms with van der Waals surface area (Å²) >= 11 is 0. The fraction of sp³-hybridized carbons (Fsp3) is 0.367. The van der Waals surface area contributed by atoms with Crippen LogP contribution in [-0.2, 0) is 15.9 Å². The van der Waals surface area contributed by atoms with Crippen LogP contribution in [0.4, 0.5) is 0 Å². The third-order valence-electron chi connectivity index (χ3n) is 6.19. The van der Waals surface area contributed by atoms with Crippen LogP contribution in [0.3, 0.4) is 0 Å². The Morgan fingerprint density at radius 3 is 2.29 bits per heavy atom. The molecule has 34 heavy (non-hydrogen) atoms.